The molecule has 0 radical (unpaired) electrons. The van der Waals surface area contributed by atoms with Crippen LogP contribution in [-0.4, -0.2) is 127 Å². The number of carbonyl (C=O) groups is 3. The Hall–Kier alpha value is -4.70. The molecule has 3 saturated heterocycles. The van der Waals surface area contributed by atoms with Gasteiger partial charge in [0.2, 0.25) is 0 Å². The summed E-state index contributed by atoms with van der Waals surface area (Å²) in [7, 11) is 3.61. The number of likely N-dealkylation sites (N-methyl/N-ethyl adjacent to an activating group) is 1. The minimum Gasteiger partial charge on any atom is -0.493 e. The van der Waals surface area contributed by atoms with E-state index in [2.05, 4.69) is 42.4 Å². The lowest BCUT2D eigenvalue weighted by Gasteiger charge is -2.38. The van der Waals surface area contributed by atoms with Gasteiger partial charge in [-0.25, -0.2) is 9.97 Å². The number of likely N-dealkylation sites (tertiary alicyclic amines) is 1. The molecule has 17 heteroatoms. The lowest BCUT2D eigenvalue weighted by molar-refractivity contribution is 0.0665. The van der Waals surface area contributed by atoms with Crippen LogP contribution < -0.4 is 31.6 Å². The van der Waals surface area contributed by atoms with E-state index in [9.17, 15) is 14.4 Å². The Morgan fingerprint density at radius 1 is 0.980 bits per heavy atom. The Balaban J connectivity index is 1.10. The van der Waals surface area contributed by atoms with Crippen molar-refractivity contribution in [2.45, 2.75) is 18.4 Å². The first kappa shape index (κ1) is 36.1. The summed E-state index contributed by atoms with van der Waals surface area (Å²) in [6.45, 7) is 6.41. The molecule has 15 nitrogen and oxygen atoms in total. The van der Waals surface area contributed by atoms with Crippen LogP contribution in [0.15, 0.2) is 41.4 Å². The number of carbonyl (C=O) groups excluding carboxylic acids is 3. The number of anilines is 2. The van der Waals surface area contributed by atoms with E-state index in [0.717, 1.165) is 32.7 Å². The van der Waals surface area contributed by atoms with Gasteiger partial charge < -0.3 is 41.4 Å². The largest absolute Gasteiger partial charge is 0.493 e. The van der Waals surface area contributed by atoms with Gasteiger partial charge in [-0.2, -0.15) is 4.99 Å². The number of nitrogens with one attached hydrogen (secondary N) is 2. The van der Waals surface area contributed by atoms with Crippen molar-refractivity contribution < 1.29 is 23.9 Å². The zero-order valence-electron chi connectivity index (χ0n) is 28.4. The fraction of sp³-hybridized carbons (Fsp3) is 0.412. The number of methoxy groups -OCH3 is 1. The number of ether oxygens (including phenoxy) is 2. The van der Waals surface area contributed by atoms with Crippen molar-refractivity contribution in [1.29, 1.82) is 0 Å². The fourth-order valence-corrected chi connectivity index (χ4v) is 6.78. The molecule has 6 rings (SSSR count). The molecule has 0 bridgehead atoms. The average Bonchev–Trinajstić information content (AvgIpc) is 3.51. The summed E-state index contributed by atoms with van der Waals surface area (Å²) in [4.78, 5) is 58.7. The van der Waals surface area contributed by atoms with E-state index in [1.165, 1.54) is 7.11 Å². The Bertz CT molecular complexity index is 1860. The van der Waals surface area contributed by atoms with Gasteiger partial charge in [0.1, 0.15) is 6.61 Å². The molecule has 6 N–H and O–H groups in total. The van der Waals surface area contributed by atoms with Crippen molar-refractivity contribution in [3.05, 3.63) is 69.0 Å². The van der Waals surface area contributed by atoms with Crippen LogP contribution in [-0.2, 0) is 0 Å². The van der Waals surface area contributed by atoms with Crippen molar-refractivity contribution >= 4 is 58.4 Å². The van der Waals surface area contributed by atoms with Crippen LogP contribution in [0.1, 0.15) is 49.6 Å². The number of hydrogen-bond acceptors (Lipinski definition) is 11. The zero-order valence-corrected chi connectivity index (χ0v) is 29.9. The molecule has 0 saturated carbocycles. The minimum absolute atomic E-state index is 0.0842. The van der Waals surface area contributed by atoms with Crippen LogP contribution in [0.2, 0.25) is 10.2 Å². The number of hydrogen-bond donors (Lipinski definition) is 4. The summed E-state index contributed by atoms with van der Waals surface area (Å²) in [5.74, 6) is -0.655. The summed E-state index contributed by atoms with van der Waals surface area (Å²) in [6, 6.07) is 9.88. The van der Waals surface area contributed by atoms with Gasteiger partial charge in [0.05, 0.1) is 23.2 Å². The number of nitrogen functional groups attached to an aromatic ring is 2. The first-order valence-electron chi connectivity index (χ1n) is 16.5. The molecule has 1 aromatic heterocycles. The summed E-state index contributed by atoms with van der Waals surface area (Å²) >= 11 is 12.6. The molecular formula is C34H40Cl2N10O5. The number of amides is 2. The Labute approximate surface area is 305 Å². The number of aliphatic imine (C=N–C) groups is 1. The molecule has 3 aliphatic rings. The van der Waals surface area contributed by atoms with Crippen molar-refractivity contribution in [2.24, 2.45) is 4.99 Å². The standard InChI is InChI=1S/C34H40Cl2N10O5/c1-44-11-13-45(14-12-44)15-16-51-27-23(35)17-20(18-24(27)50-2)26(47)21-5-3-4-6-22(21)32(49)46-9-7-34(8-10-46)19-39-33(43-34)42-31(48)25-29(37)41-30(38)28(36)40-25/h3-6,17-18H,7-16,19H2,1-2H3,(H4,37,38,41)(H2,39,42,43,48). The highest BCUT2D eigenvalue weighted by Crippen LogP contribution is 2.37. The number of guanidine groups is 1. The van der Waals surface area contributed by atoms with E-state index in [4.69, 9.17) is 44.1 Å². The molecule has 1 spiro atoms. The third-order valence-electron chi connectivity index (χ3n) is 9.45. The fourth-order valence-electron chi connectivity index (χ4n) is 6.39. The highest BCUT2D eigenvalue weighted by Gasteiger charge is 2.41. The lowest BCUT2D eigenvalue weighted by Crippen LogP contribution is -2.53. The van der Waals surface area contributed by atoms with E-state index in [-0.39, 0.29) is 61.8 Å². The van der Waals surface area contributed by atoms with Crippen LogP contribution in [0, 0.1) is 0 Å². The molecule has 2 amide bonds. The molecule has 270 valence electrons. The quantitative estimate of drug-likeness (QED) is 0.234. The predicted molar refractivity (Wildman–Crippen MR) is 194 cm³/mol. The van der Waals surface area contributed by atoms with Gasteiger partial charge in [-0.1, -0.05) is 41.4 Å². The van der Waals surface area contributed by atoms with Crippen LogP contribution in [0.5, 0.6) is 11.5 Å². The third-order valence-corrected chi connectivity index (χ3v) is 10.0. The number of halogens is 2. The van der Waals surface area contributed by atoms with Gasteiger partial charge in [-0.05, 0) is 38.1 Å². The lowest BCUT2D eigenvalue weighted by atomic mass is 9.88. The van der Waals surface area contributed by atoms with E-state index >= 15 is 0 Å². The van der Waals surface area contributed by atoms with Gasteiger partial charge in [0.15, 0.2) is 45.7 Å². The van der Waals surface area contributed by atoms with E-state index in [0.29, 0.717) is 50.6 Å². The maximum absolute atomic E-state index is 13.9. The number of ketones is 1. The first-order chi connectivity index (χ1) is 24.5. The molecule has 2 aromatic carbocycles. The summed E-state index contributed by atoms with van der Waals surface area (Å²) in [5, 5.41) is 6.52. The SMILES string of the molecule is COc1cc(C(=O)c2ccccc2C(=O)N2CCC3(CC2)CN/C(=N\C(=O)c2nc(Cl)c(N)nc2N)N3)cc(Cl)c1OCCN1CCN(C)CC1. The molecule has 3 aromatic rings. The summed E-state index contributed by atoms with van der Waals surface area (Å²) in [6.07, 6.45) is 1.13. The number of benzene rings is 2. The topological polar surface area (TPSA) is 194 Å². The van der Waals surface area contributed by atoms with Gasteiger partial charge in [0, 0.05) is 63.5 Å². The highest BCUT2D eigenvalue weighted by atomic mass is 35.5. The van der Waals surface area contributed by atoms with Crippen LogP contribution in [0.25, 0.3) is 0 Å². The molecular weight excluding hydrogens is 699 g/mol. The maximum Gasteiger partial charge on any atom is 0.302 e. The Morgan fingerprint density at radius 2 is 1.69 bits per heavy atom. The molecule has 0 aliphatic carbocycles. The van der Waals surface area contributed by atoms with Gasteiger partial charge in [0.25, 0.3) is 5.91 Å². The second-order valence-electron chi connectivity index (χ2n) is 12.8. The molecule has 51 heavy (non-hydrogen) atoms. The minimum atomic E-state index is -0.731. The second-order valence-corrected chi connectivity index (χ2v) is 13.6. The van der Waals surface area contributed by atoms with E-state index < -0.39 is 11.4 Å². The average molecular weight is 740 g/mol. The van der Waals surface area contributed by atoms with Crippen molar-refractivity contribution in [1.82, 2.24) is 35.3 Å². The number of piperazine rings is 1. The first-order valence-corrected chi connectivity index (χ1v) is 17.3. The van der Waals surface area contributed by atoms with Gasteiger partial charge in [-0.3, -0.25) is 19.3 Å². The maximum atomic E-state index is 13.9. The monoisotopic (exact) mass is 738 g/mol. The van der Waals surface area contributed by atoms with Gasteiger partial charge >= 0.3 is 5.91 Å². The predicted octanol–water partition coefficient (Wildman–Crippen LogP) is 2.18. The van der Waals surface area contributed by atoms with E-state index in [1.54, 1.807) is 41.3 Å². The number of rotatable bonds is 9. The Kier molecular flexibility index (Phi) is 10.8. The van der Waals surface area contributed by atoms with Gasteiger partial charge in [-0.15, -0.1) is 0 Å². The summed E-state index contributed by atoms with van der Waals surface area (Å²) in [5.41, 5.74) is 11.6. The van der Waals surface area contributed by atoms with Crippen molar-refractivity contribution in [2.75, 3.05) is 84.6 Å². The number of nitrogens with zero attached hydrogens (tertiary/aromatic N) is 6. The normalized spacial score (nSPS) is 18.4. The molecule has 0 unspecified atom stereocenters. The smallest absolute Gasteiger partial charge is 0.302 e. The van der Waals surface area contributed by atoms with Crippen LogP contribution >= 0.6 is 23.2 Å². The second kappa shape index (κ2) is 15.3. The van der Waals surface area contributed by atoms with Crippen LogP contribution in [0.3, 0.4) is 0 Å². The Morgan fingerprint density at radius 3 is 2.39 bits per heavy atom. The van der Waals surface area contributed by atoms with Crippen molar-refractivity contribution in [3.8, 4) is 11.5 Å². The highest BCUT2D eigenvalue weighted by molar-refractivity contribution is 6.33. The third kappa shape index (κ3) is 7.96. The number of aromatic nitrogens is 2. The van der Waals surface area contributed by atoms with Crippen molar-refractivity contribution in [3.63, 3.8) is 0 Å². The molecule has 3 fully saturated rings. The van der Waals surface area contributed by atoms with Crippen LogP contribution in [0.4, 0.5) is 11.6 Å². The zero-order chi connectivity index (χ0) is 36.3. The molecule has 3 aliphatic heterocycles. The van der Waals surface area contributed by atoms with E-state index in [1.807, 2.05) is 0 Å². The molecule has 4 heterocycles. The molecule has 0 atom stereocenters. The summed E-state index contributed by atoms with van der Waals surface area (Å²) < 4.78 is 11.6. The number of nitrogens with two attached hydrogens (primary N) is 2. The number of piperidine rings is 1.